The Morgan fingerprint density at radius 2 is 1.78 bits per heavy atom. The maximum atomic E-state index is 12.5. The Morgan fingerprint density at radius 3 is 2.44 bits per heavy atom. The number of hydrogen-bond acceptors (Lipinski definition) is 7. The molecule has 0 saturated heterocycles. The van der Waals surface area contributed by atoms with Crippen LogP contribution in [0.2, 0.25) is 0 Å². The van der Waals surface area contributed by atoms with Gasteiger partial charge in [0.1, 0.15) is 0 Å². The lowest BCUT2D eigenvalue weighted by molar-refractivity contribution is 0.116. The Labute approximate surface area is 156 Å². The van der Waals surface area contributed by atoms with Crippen molar-refractivity contribution in [1.82, 2.24) is 25.0 Å². The molecule has 136 valence electrons. The molecule has 4 aromatic rings. The fourth-order valence-electron chi connectivity index (χ4n) is 2.34. The average Bonchev–Trinajstić information content (AvgIpc) is 3.31. The molecular formula is C17H11F2N5O2S. The number of benzene rings is 1. The van der Waals surface area contributed by atoms with Crippen LogP contribution in [0.1, 0.15) is 18.0 Å². The molecule has 3 aromatic heterocycles. The van der Waals surface area contributed by atoms with E-state index in [-0.39, 0.29) is 10.7 Å². The van der Waals surface area contributed by atoms with Gasteiger partial charge in [-0.2, -0.15) is 8.78 Å². The first kappa shape index (κ1) is 17.2. The number of hydrogen-bond donors (Lipinski definition) is 0. The highest BCUT2D eigenvalue weighted by molar-refractivity contribution is 7.71. The lowest BCUT2D eigenvalue weighted by Gasteiger charge is -2.00. The van der Waals surface area contributed by atoms with Crippen LogP contribution in [0.5, 0.6) is 0 Å². The smallest absolute Gasteiger partial charge is 0.314 e. The Kier molecular flexibility index (Phi) is 4.55. The topological polar surface area (TPSA) is 82.8 Å². The molecule has 7 nitrogen and oxygen atoms in total. The van der Waals surface area contributed by atoms with E-state index in [1.807, 2.05) is 30.3 Å². The lowest BCUT2D eigenvalue weighted by atomic mass is 10.2. The van der Waals surface area contributed by atoms with Gasteiger partial charge in [0.25, 0.3) is 10.7 Å². The highest BCUT2D eigenvalue weighted by Gasteiger charge is 2.17. The second-order valence-corrected chi connectivity index (χ2v) is 5.83. The highest BCUT2D eigenvalue weighted by atomic mass is 32.1. The molecule has 27 heavy (non-hydrogen) atoms. The molecule has 0 N–H and O–H groups in total. The highest BCUT2D eigenvalue weighted by Crippen LogP contribution is 2.23. The Bertz CT molecular complexity index is 1110. The monoisotopic (exact) mass is 387 g/mol. The summed E-state index contributed by atoms with van der Waals surface area (Å²) in [6, 6.07) is 12.7. The zero-order chi connectivity index (χ0) is 18.8. The SMILES string of the molecule is FC(F)c1nnc(-c2ccc(Cn3nc(-c4ccccc4)oc3=S)nc2)o1. The molecule has 3 heterocycles. The van der Waals surface area contributed by atoms with Crippen LogP contribution in [0.4, 0.5) is 8.78 Å². The van der Waals surface area contributed by atoms with Crippen LogP contribution in [0.15, 0.2) is 57.5 Å². The van der Waals surface area contributed by atoms with Crippen LogP contribution in [0.25, 0.3) is 22.9 Å². The lowest BCUT2D eigenvalue weighted by Crippen LogP contribution is -2.03. The van der Waals surface area contributed by atoms with Crippen LogP contribution in [0.3, 0.4) is 0 Å². The minimum atomic E-state index is -2.81. The van der Waals surface area contributed by atoms with Gasteiger partial charge in [0.15, 0.2) is 0 Å². The molecule has 0 saturated carbocycles. The predicted octanol–water partition coefficient (Wildman–Crippen LogP) is 4.30. The van der Waals surface area contributed by atoms with Crippen LogP contribution in [-0.4, -0.2) is 25.0 Å². The second kappa shape index (κ2) is 7.16. The van der Waals surface area contributed by atoms with E-state index in [1.54, 1.807) is 12.1 Å². The molecule has 0 aliphatic carbocycles. The molecular weight excluding hydrogens is 376 g/mol. The van der Waals surface area contributed by atoms with E-state index in [4.69, 9.17) is 21.1 Å². The third-order valence-corrected chi connectivity index (χ3v) is 3.93. The number of halogens is 2. The molecule has 0 fully saturated rings. The van der Waals surface area contributed by atoms with Crippen molar-refractivity contribution in [3.05, 3.63) is 65.1 Å². The summed E-state index contributed by atoms with van der Waals surface area (Å²) in [6.45, 7) is 0.293. The van der Waals surface area contributed by atoms with Crippen LogP contribution in [0, 0.1) is 4.84 Å². The molecule has 0 radical (unpaired) electrons. The molecule has 0 bridgehead atoms. The van der Waals surface area contributed by atoms with E-state index in [0.29, 0.717) is 23.7 Å². The van der Waals surface area contributed by atoms with Gasteiger partial charge < -0.3 is 8.83 Å². The third-order valence-electron chi connectivity index (χ3n) is 3.64. The van der Waals surface area contributed by atoms with E-state index in [9.17, 15) is 8.78 Å². The minimum absolute atomic E-state index is 0.0197. The van der Waals surface area contributed by atoms with E-state index < -0.39 is 12.3 Å². The molecule has 0 atom stereocenters. The molecule has 0 aliphatic heterocycles. The first-order chi connectivity index (χ1) is 13.1. The van der Waals surface area contributed by atoms with Crippen LogP contribution < -0.4 is 0 Å². The van der Waals surface area contributed by atoms with Crippen molar-refractivity contribution >= 4 is 12.2 Å². The maximum absolute atomic E-state index is 12.5. The summed E-state index contributed by atoms with van der Waals surface area (Å²) in [5, 5.41) is 11.2. The number of nitrogens with zero attached hydrogens (tertiary/aromatic N) is 5. The summed E-state index contributed by atoms with van der Waals surface area (Å²) in [6.07, 6.45) is -1.36. The molecule has 10 heteroatoms. The number of aromatic nitrogens is 5. The Hall–Kier alpha value is -3.27. The Balaban J connectivity index is 1.53. The van der Waals surface area contributed by atoms with Gasteiger partial charge >= 0.3 is 6.43 Å². The van der Waals surface area contributed by atoms with E-state index in [0.717, 1.165) is 5.56 Å². The van der Waals surface area contributed by atoms with Crippen molar-refractivity contribution in [2.75, 3.05) is 0 Å². The van der Waals surface area contributed by atoms with Gasteiger partial charge in [0.05, 0.1) is 17.8 Å². The summed E-state index contributed by atoms with van der Waals surface area (Å²) in [4.78, 5) is 4.48. The van der Waals surface area contributed by atoms with Crippen molar-refractivity contribution in [3.63, 3.8) is 0 Å². The molecule has 0 aliphatic rings. The van der Waals surface area contributed by atoms with Crippen molar-refractivity contribution in [3.8, 4) is 22.9 Å². The molecule has 0 spiro atoms. The van der Waals surface area contributed by atoms with E-state index in [1.165, 1.54) is 10.9 Å². The number of rotatable bonds is 5. The van der Waals surface area contributed by atoms with Gasteiger partial charge in [-0.1, -0.05) is 18.2 Å². The van der Waals surface area contributed by atoms with Crippen molar-refractivity contribution in [2.24, 2.45) is 0 Å². The Morgan fingerprint density at radius 1 is 0.963 bits per heavy atom. The van der Waals surface area contributed by atoms with E-state index in [2.05, 4.69) is 20.3 Å². The molecule has 0 unspecified atom stereocenters. The standard InChI is InChI=1S/C17H11F2N5O2S/c18-13(19)16-22-21-14(25-16)11-6-7-12(20-8-11)9-24-17(27)26-15(23-24)10-4-2-1-3-5-10/h1-8,13H,9H2. The first-order valence-corrected chi connectivity index (χ1v) is 8.21. The quantitative estimate of drug-likeness (QED) is 0.472. The number of alkyl halides is 2. The van der Waals surface area contributed by atoms with Gasteiger partial charge in [0.2, 0.25) is 11.8 Å². The second-order valence-electron chi connectivity index (χ2n) is 5.48. The van der Waals surface area contributed by atoms with Crippen molar-refractivity contribution < 1.29 is 17.6 Å². The van der Waals surface area contributed by atoms with Gasteiger partial charge in [-0.25, -0.2) is 4.68 Å². The molecule has 4 rings (SSSR count). The zero-order valence-corrected chi connectivity index (χ0v) is 14.4. The first-order valence-electron chi connectivity index (χ1n) is 7.80. The van der Waals surface area contributed by atoms with Crippen molar-refractivity contribution in [1.29, 1.82) is 0 Å². The van der Waals surface area contributed by atoms with Crippen LogP contribution in [-0.2, 0) is 6.54 Å². The molecule has 0 amide bonds. The summed E-state index contributed by atoms with van der Waals surface area (Å²) in [5.74, 6) is -0.326. The van der Waals surface area contributed by atoms with Gasteiger partial charge in [-0.15, -0.1) is 15.3 Å². The van der Waals surface area contributed by atoms with Crippen molar-refractivity contribution in [2.45, 2.75) is 13.0 Å². The number of pyridine rings is 1. The summed E-state index contributed by atoms with van der Waals surface area (Å²) in [5.41, 5.74) is 1.90. The zero-order valence-electron chi connectivity index (χ0n) is 13.6. The maximum Gasteiger partial charge on any atom is 0.314 e. The minimum Gasteiger partial charge on any atom is -0.415 e. The van der Waals surface area contributed by atoms with Gasteiger partial charge in [-0.3, -0.25) is 4.98 Å². The van der Waals surface area contributed by atoms with Crippen LogP contribution >= 0.6 is 12.2 Å². The fourth-order valence-corrected chi connectivity index (χ4v) is 2.53. The third kappa shape index (κ3) is 3.65. The summed E-state index contributed by atoms with van der Waals surface area (Å²) < 4.78 is 37.0. The van der Waals surface area contributed by atoms with Gasteiger partial charge in [0, 0.05) is 11.8 Å². The fraction of sp³-hybridized carbons (Fsp3) is 0.118. The summed E-state index contributed by atoms with van der Waals surface area (Å²) in [7, 11) is 0. The predicted molar refractivity (Wildman–Crippen MR) is 92.4 cm³/mol. The summed E-state index contributed by atoms with van der Waals surface area (Å²) >= 11 is 5.20. The normalized spacial score (nSPS) is 11.2. The molecule has 1 aromatic carbocycles. The largest absolute Gasteiger partial charge is 0.415 e. The van der Waals surface area contributed by atoms with Gasteiger partial charge in [-0.05, 0) is 36.5 Å². The van der Waals surface area contributed by atoms with E-state index >= 15 is 0 Å². The average molecular weight is 387 g/mol.